The van der Waals surface area contributed by atoms with Gasteiger partial charge in [0.2, 0.25) is 0 Å². The van der Waals surface area contributed by atoms with E-state index in [9.17, 15) is 14.7 Å². The quantitative estimate of drug-likeness (QED) is 0.303. The number of hydrogen-bond donors (Lipinski definition) is 1. The second-order valence-corrected chi connectivity index (χ2v) is 7.56. The van der Waals surface area contributed by atoms with Crippen molar-refractivity contribution in [3.8, 4) is 0 Å². The van der Waals surface area contributed by atoms with E-state index in [1.165, 1.54) is 4.90 Å². The molecule has 5 rings (SSSR count). The number of aliphatic hydroxyl groups excluding tert-OH is 1. The number of hydrogen-bond acceptors (Lipinski definition) is 5. The van der Waals surface area contributed by atoms with E-state index in [1.807, 2.05) is 42.5 Å². The van der Waals surface area contributed by atoms with Crippen molar-refractivity contribution < 1.29 is 14.7 Å². The lowest BCUT2D eigenvalue weighted by atomic mass is 9.94. The number of ketones is 1. The number of likely N-dealkylation sites (tertiary alicyclic amines) is 1. The third-order valence-electron chi connectivity index (χ3n) is 5.64. The van der Waals surface area contributed by atoms with Crippen LogP contribution < -0.4 is 0 Å². The molecule has 2 aromatic heterocycles. The van der Waals surface area contributed by atoms with Crippen LogP contribution >= 0.6 is 0 Å². The van der Waals surface area contributed by atoms with Gasteiger partial charge in [-0.15, -0.1) is 0 Å². The van der Waals surface area contributed by atoms with Gasteiger partial charge in [0.1, 0.15) is 5.76 Å². The molecule has 0 spiro atoms. The summed E-state index contributed by atoms with van der Waals surface area (Å²) >= 11 is 0. The molecule has 6 heteroatoms. The average Bonchev–Trinajstić information content (AvgIpc) is 3.09. The van der Waals surface area contributed by atoms with E-state index in [-0.39, 0.29) is 17.9 Å². The summed E-state index contributed by atoms with van der Waals surface area (Å²) in [5, 5.41) is 13.1. The van der Waals surface area contributed by atoms with Gasteiger partial charge < -0.3 is 10.0 Å². The topological polar surface area (TPSA) is 83.4 Å². The van der Waals surface area contributed by atoms with E-state index < -0.39 is 17.7 Å². The Labute approximate surface area is 184 Å². The Morgan fingerprint density at radius 1 is 0.906 bits per heavy atom. The highest BCUT2D eigenvalue weighted by Gasteiger charge is 2.46. The van der Waals surface area contributed by atoms with E-state index in [4.69, 9.17) is 0 Å². The fourth-order valence-corrected chi connectivity index (χ4v) is 4.17. The lowest BCUT2D eigenvalue weighted by molar-refractivity contribution is -0.140. The molecule has 0 aliphatic carbocycles. The standard InChI is InChI=1S/C26H19N3O3/c30-24(21-12-5-8-17-7-1-2-11-20(17)21)22-23(18-9-6-13-27-15-18)29(26(32)25(22)31)16-19-10-3-4-14-28-19/h1-15,23,30H,16H2/b24-22-. The van der Waals surface area contributed by atoms with Crippen molar-refractivity contribution in [2.45, 2.75) is 12.6 Å². The number of aliphatic hydroxyl groups is 1. The molecule has 0 radical (unpaired) electrons. The van der Waals surface area contributed by atoms with Crippen LogP contribution in [0.5, 0.6) is 0 Å². The van der Waals surface area contributed by atoms with Crippen LogP contribution in [-0.2, 0) is 16.1 Å². The van der Waals surface area contributed by atoms with Crippen LogP contribution in [0.1, 0.15) is 22.9 Å². The normalized spacial score (nSPS) is 17.8. The van der Waals surface area contributed by atoms with Crippen molar-refractivity contribution in [3.63, 3.8) is 0 Å². The number of nitrogens with zero attached hydrogens (tertiary/aromatic N) is 3. The highest BCUT2D eigenvalue weighted by Crippen LogP contribution is 2.40. The van der Waals surface area contributed by atoms with Crippen LogP contribution in [0.15, 0.2) is 97.0 Å². The van der Waals surface area contributed by atoms with E-state index in [2.05, 4.69) is 9.97 Å². The van der Waals surface area contributed by atoms with Gasteiger partial charge >= 0.3 is 0 Å². The third-order valence-corrected chi connectivity index (χ3v) is 5.64. The van der Waals surface area contributed by atoms with Crippen LogP contribution in [0.2, 0.25) is 0 Å². The first-order valence-electron chi connectivity index (χ1n) is 10.2. The summed E-state index contributed by atoms with van der Waals surface area (Å²) in [6.07, 6.45) is 4.87. The largest absolute Gasteiger partial charge is 0.507 e. The Morgan fingerprint density at radius 2 is 1.72 bits per heavy atom. The zero-order valence-corrected chi connectivity index (χ0v) is 17.1. The molecule has 1 atom stereocenters. The molecule has 3 heterocycles. The second-order valence-electron chi connectivity index (χ2n) is 7.56. The van der Waals surface area contributed by atoms with Crippen LogP contribution in [-0.4, -0.2) is 31.7 Å². The van der Waals surface area contributed by atoms with Crippen molar-refractivity contribution in [2.75, 3.05) is 0 Å². The molecule has 32 heavy (non-hydrogen) atoms. The van der Waals surface area contributed by atoms with Gasteiger partial charge in [-0.2, -0.15) is 0 Å². The van der Waals surface area contributed by atoms with Gasteiger partial charge in [0.05, 0.1) is 23.9 Å². The minimum atomic E-state index is -0.773. The molecular weight excluding hydrogens is 402 g/mol. The number of fused-ring (bicyclic) bond motifs is 1. The summed E-state index contributed by atoms with van der Waals surface area (Å²) in [6, 6.07) is 21.3. The number of pyridine rings is 2. The molecule has 1 unspecified atom stereocenters. The molecule has 1 fully saturated rings. The smallest absolute Gasteiger partial charge is 0.296 e. The maximum absolute atomic E-state index is 13.2. The SMILES string of the molecule is O=C1C(=O)N(Cc2ccccn2)C(c2cccnc2)/C1=C(/O)c1cccc2ccccc12. The van der Waals surface area contributed by atoms with Crippen molar-refractivity contribution in [1.82, 2.24) is 14.9 Å². The summed E-state index contributed by atoms with van der Waals surface area (Å²) in [5.74, 6) is -1.59. The van der Waals surface area contributed by atoms with E-state index in [0.717, 1.165) is 10.8 Å². The summed E-state index contributed by atoms with van der Waals surface area (Å²) in [7, 11) is 0. The Balaban J connectivity index is 1.70. The average molecular weight is 421 g/mol. The van der Waals surface area contributed by atoms with Crippen LogP contribution in [0.25, 0.3) is 16.5 Å². The molecule has 156 valence electrons. The molecule has 1 amide bonds. The molecule has 1 N–H and O–H groups in total. The molecule has 1 aliphatic heterocycles. The highest BCUT2D eigenvalue weighted by atomic mass is 16.3. The predicted molar refractivity (Wildman–Crippen MR) is 120 cm³/mol. The van der Waals surface area contributed by atoms with E-state index >= 15 is 0 Å². The molecular formula is C26H19N3O3. The van der Waals surface area contributed by atoms with Crippen LogP contribution in [0.3, 0.4) is 0 Å². The summed E-state index contributed by atoms with van der Waals surface area (Å²) < 4.78 is 0. The van der Waals surface area contributed by atoms with Crippen LogP contribution in [0, 0.1) is 0 Å². The van der Waals surface area contributed by atoms with Gasteiger partial charge in [0.15, 0.2) is 0 Å². The number of carbonyl (C=O) groups is 2. The number of carbonyl (C=O) groups excluding carboxylic acids is 2. The molecule has 0 bridgehead atoms. The first kappa shape index (κ1) is 19.6. The van der Waals surface area contributed by atoms with Crippen molar-refractivity contribution in [3.05, 3.63) is 114 Å². The monoisotopic (exact) mass is 421 g/mol. The fraction of sp³-hybridized carbons (Fsp3) is 0.0769. The minimum Gasteiger partial charge on any atom is -0.507 e. The Morgan fingerprint density at radius 3 is 2.50 bits per heavy atom. The molecule has 2 aromatic carbocycles. The number of aromatic nitrogens is 2. The zero-order chi connectivity index (χ0) is 22.1. The van der Waals surface area contributed by atoms with Crippen molar-refractivity contribution >= 4 is 28.2 Å². The molecule has 1 aliphatic rings. The fourth-order valence-electron chi connectivity index (χ4n) is 4.17. The zero-order valence-electron chi connectivity index (χ0n) is 17.1. The first-order valence-corrected chi connectivity index (χ1v) is 10.2. The first-order chi connectivity index (χ1) is 15.6. The summed E-state index contributed by atoms with van der Waals surface area (Å²) in [5.41, 5.74) is 1.85. The second kappa shape index (κ2) is 8.07. The molecule has 4 aromatic rings. The van der Waals surface area contributed by atoms with Gasteiger partial charge in [0.25, 0.3) is 11.7 Å². The number of amides is 1. The third kappa shape index (κ3) is 3.32. The van der Waals surface area contributed by atoms with Gasteiger partial charge in [-0.3, -0.25) is 19.6 Å². The Kier molecular flexibility index (Phi) is 4.95. The van der Waals surface area contributed by atoms with Crippen molar-refractivity contribution in [1.29, 1.82) is 0 Å². The molecule has 1 saturated heterocycles. The van der Waals surface area contributed by atoms with Crippen LogP contribution in [0.4, 0.5) is 0 Å². The molecule has 0 saturated carbocycles. The van der Waals surface area contributed by atoms with Crippen molar-refractivity contribution in [2.24, 2.45) is 0 Å². The Hall–Kier alpha value is -4.32. The van der Waals surface area contributed by atoms with E-state index in [1.54, 1.807) is 48.9 Å². The summed E-state index contributed by atoms with van der Waals surface area (Å²) in [6.45, 7) is 0.136. The minimum absolute atomic E-state index is 0.0512. The number of benzene rings is 2. The number of rotatable bonds is 4. The highest BCUT2D eigenvalue weighted by molar-refractivity contribution is 6.46. The van der Waals surface area contributed by atoms with Gasteiger partial charge in [-0.1, -0.05) is 54.6 Å². The lowest BCUT2D eigenvalue weighted by Gasteiger charge is -2.24. The Bertz CT molecular complexity index is 1350. The maximum atomic E-state index is 13.2. The van der Waals surface area contributed by atoms with Gasteiger partial charge in [0, 0.05) is 24.2 Å². The summed E-state index contributed by atoms with van der Waals surface area (Å²) in [4.78, 5) is 36.2. The number of Topliss-reactive ketones (excluding diaryl/α,β-unsaturated/α-hetero) is 1. The van der Waals surface area contributed by atoms with Gasteiger partial charge in [-0.25, -0.2) is 0 Å². The van der Waals surface area contributed by atoms with E-state index in [0.29, 0.717) is 16.8 Å². The maximum Gasteiger partial charge on any atom is 0.296 e. The lowest BCUT2D eigenvalue weighted by Crippen LogP contribution is -2.29. The molecule has 6 nitrogen and oxygen atoms in total. The van der Waals surface area contributed by atoms with Gasteiger partial charge in [-0.05, 0) is 34.5 Å². The predicted octanol–water partition coefficient (Wildman–Crippen LogP) is 4.25.